The standard InChI is InChI=1S/C30H30N4O2/c1-18-6-12-23(13-7-18)28(26-21(4)31-33(29(26)35)24-14-8-19(2)9-15-24)27-22(5)32-34(30(27)36)25-16-10-20(3)11-17-25/h6-17,26-28H,1-5H3. The highest BCUT2D eigenvalue weighted by Crippen LogP contribution is 2.42. The second-order valence-corrected chi connectivity index (χ2v) is 9.85. The Balaban J connectivity index is 1.55. The molecule has 2 aliphatic rings. The van der Waals surface area contributed by atoms with Gasteiger partial charge in [-0.25, -0.2) is 10.0 Å². The molecule has 0 radical (unpaired) electrons. The molecule has 2 atom stereocenters. The summed E-state index contributed by atoms with van der Waals surface area (Å²) in [4.78, 5) is 27.8. The Morgan fingerprint density at radius 2 is 0.889 bits per heavy atom. The molecule has 2 aliphatic heterocycles. The highest BCUT2D eigenvalue weighted by molar-refractivity contribution is 6.19. The molecule has 182 valence electrons. The number of anilines is 2. The summed E-state index contributed by atoms with van der Waals surface area (Å²) < 4.78 is 0. The van der Waals surface area contributed by atoms with Crippen LogP contribution in [0.4, 0.5) is 11.4 Å². The maximum atomic E-state index is 13.9. The van der Waals surface area contributed by atoms with Gasteiger partial charge in [-0.15, -0.1) is 0 Å². The van der Waals surface area contributed by atoms with E-state index in [0.29, 0.717) is 11.4 Å². The number of nitrogens with zero attached hydrogens (tertiary/aromatic N) is 4. The fourth-order valence-corrected chi connectivity index (χ4v) is 5.09. The number of carbonyl (C=O) groups excluding carboxylic acids is 2. The molecule has 36 heavy (non-hydrogen) atoms. The normalized spacial score (nSPS) is 20.6. The molecule has 3 aromatic rings. The minimum absolute atomic E-state index is 0.128. The van der Waals surface area contributed by atoms with Gasteiger partial charge >= 0.3 is 0 Å². The summed E-state index contributed by atoms with van der Waals surface area (Å²) in [7, 11) is 0. The van der Waals surface area contributed by atoms with Crippen molar-refractivity contribution in [2.24, 2.45) is 22.0 Å². The number of aryl methyl sites for hydroxylation is 3. The molecule has 2 amide bonds. The van der Waals surface area contributed by atoms with E-state index in [2.05, 4.69) is 10.2 Å². The van der Waals surface area contributed by atoms with Crippen molar-refractivity contribution in [1.29, 1.82) is 0 Å². The summed E-state index contributed by atoms with van der Waals surface area (Å²) in [6.45, 7) is 9.79. The molecule has 6 nitrogen and oxygen atoms in total. The summed E-state index contributed by atoms with van der Waals surface area (Å²) in [5.74, 6) is -1.84. The molecule has 5 rings (SSSR count). The highest BCUT2D eigenvalue weighted by Gasteiger charge is 2.50. The molecular weight excluding hydrogens is 448 g/mol. The van der Waals surface area contributed by atoms with Crippen LogP contribution in [0.1, 0.15) is 42.0 Å². The first-order valence-corrected chi connectivity index (χ1v) is 12.2. The largest absolute Gasteiger partial charge is 0.272 e. The number of benzene rings is 3. The van der Waals surface area contributed by atoms with Gasteiger partial charge in [0.2, 0.25) is 0 Å². The summed E-state index contributed by atoms with van der Waals surface area (Å²) in [6, 6.07) is 23.6. The predicted molar refractivity (Wildman–Crippen MR) is 144 cm³/mol. The lowest BCUT2D eigenvalue weighted by molar-refractivity contribution is -0.122. The lowest BCUT2D eigenvalue weighted by Gasteiger charge is -2.28. The first-order valence-electron chi connectivity index (χ1n) is 12.2. The van der Waals surface area contributed by atoms with Gasteiger partial charge in [0, 0.05) is 17.3 Å². The zero-order valence-corrected chi connectivity index (χ0v) is 21.3. The van der Waals surface area contributed by atoms with Gasteiger partial charge in [-0.05, 0) is 64.4 Å². The van der Waals surface area contributed by atoms with E-state index in [1.165, 1.54) is 10.0 Å². The van der Waals surface area contributed by atoms with Gasteiger partial charge < -0.3 is 0 Å². The second-order valence-electron chi connectivity index (χ2n) is 9.85. The fraction of sp³-hybridized carbons (Fsp3) is 0.267. The number of amides is 2. The third-order valence-corrected chi connectivity index (χ3v) is 7.10. The first-order chi connectivity index (χ1) is 17.2. The molecule has 0 bridgehead atoms. The Morgan fingerprint density at radius 1 is 0.556 bits per heavy atom. The number of carbonyl (C=O) groups is 2. The first kappa shape index (κ1) is 23.7. The molecule has 0 aliphatic carbocycles. The SMILES string of the molecule is CC1=NN(c2ccc(C)cc2)C(=O)C1C(c1ccc(C)cc1)C1C(=O)N(c2ccc(C)cc2)N=C1C. The van der Waals surface area contributed by atoms with Gasteiger partial charge in [-0.3, -0.25) is 9.59 Å². The van der Waals surface area contributed by atoms with Crippen LogP contribution < -0.4 is 10.0 Å². The Kier molecular flexibility index (Phi) is 6.04. The van der Waals surface area contributed by atoms with Crippen LogP contribution in [0.5, 0.6) is 0 Å². The molecule has 0 fully saturated rings. The van der Waals surface area contributed by atoms with E-state index >= 15 is 0 Å². The van der Waals surface area contributed by atoms with Crippen LogP contribution in [0.25, 0.3) is 0 Å². The molecule has 2 heterocycles. The van der Waals surface area contributed by atoms with Gasteiger partial charge in [0.15, 0.2) is 0 Å². The summed E-state index contributed by atoms with van der Waals surface area (Å²) in [6.07, 6.45) is 0. The van der Waals surface area contributed by atoms with Crippen LogP contribution >= 0.6 is 0 Å². The van der Waals surface area contributed by atoms with Crippen LogP contribution in [-0.4, -0.2) is 23.2 Å². The Bertz CT molecular complexity index is 1290. The van der Waals surface area contributed by atoms with Gasteiger partial charge in [0.1, 0.15) is 0 Å². The predicted octanol–water partition coefficient (Wildman–Crippen LogP) is 5.77. The Morgan fingerprint density at radius 3 is 1.25 bits per heavy atom. The average molecular weight is 479 g/mol. The fourth-order valence-electron chi connectivity index (χ4n) is 5.09. The van der Waals surface area contributed by atoms with E-state index in [1.54, 1.807) is 0 Å². The van der Waals surface area contributed by atoms with Crippen molar-refractivity contribution in [2.75, 3.05) is 10.0 Å². The van der Waals surface area contributed by atoms with Crippen molar-refractivity contribution in [3.63, 3.8) is 0 Å². The molecule has 0 N–H and O–H groups in total. The second kappa shape index (κ2) is 9.19. The van der Waals surface area contributed by atoms with Crippen LogP contribution in [-0.2, 0) is 9.59 Å². The third kappa shape index (κ3) is 4.13. The number of hydrogen-bond acceptors (Lipinski definition) is 4. The minimum atomic E-state index is -0.578. The van der Waals surface area contributed by atoms with Crippen molar-refractivity contribution < 1.29 is 9.59 Å². The monoisotopic (exact) mass is 478 g/mol. The van der Waals surface area contributed by atoms with E-state index in [9.17, 15) is 9.59 Å². The van der Waals surface area contributed by atoms with Gasteiger partial charge in [-0.2, -0.15) is 10.2 Å². The van der Waals surface area contributed by atoms with Gasteiger partial charge in [0.25, 0.3) is 11.8 Å². The molecule has 6 heteroatoms. The van der Waals surface area contributed by atoms with Crippen LogP contribution in [0.15, 0.2) is 83.0 Å². The van der Waals surface area contributed by atoms with Crippen LogP contribution in [0.2, 0.25) is 0 Å². The summed E-state index contributed by atoms with van der Waals surface area (Å²) in [5.41, 5.74) is 7.10. The van der Waals surface area contributed by atoms with Gasteiger partial charge in [-0.1, -0.05) is 65.2 Å². The van der Waals surface area contributed by atoms with Crippen LogP contribution in [0, 0.1) is 32.6 Å². The molecule has 3 aromatic carbocycles. The lowest BCUT2D eigenvalue weighted by Crippen LogP contribution is -2.40. The molecular formula is C30H30N4O2. The Hall–Kier alpha value is -4.06. The maximum Gasteiger partial charge on any atom is 0.256 e. The summed E-state index contributed by atoms with van der Waals surface area (Å²) in [5, 5.41) is 12.3. The number of hydrazone groups is 2. The average Bonchev–Trinajstić information content (AvgIpc) is 3.32. The van der Waals surface area contributed by atoms with E-state index < -0.39 is 17.8 Å². The number of rotatable bonds is 5. The van der Waals surface area contributed by atoms with Gasteiger partial charge in [0.05, 0.1) is 23.2 Å². The molecule has 0 saturated heterocycles. The van der Waals surface area contributed by atoms with Crippen LogP contribution in [0.3, 0.4) is 0 Å². The maximum absolute atomic E-state index is 13.9. The molecule has 0 aromatic heterocycles. The summed E-state index contributed by atoms with van der Waals surface area (Å²) >= 11 is 0. The molecule has 0 spiro atoms. The van der Waals surface area contributed by atoms with Crippen molar-refractivity contribution >= 4 is 34.6 Å². The topological polar surface area (TPSA) is 65.3 Å². The Labute approximate surface area is 211 Å². The zero-order chi connectivity index (χ0) is 25.6. The molecule has 2 unspecified atom stereocenters. The third-order valence-electron chi connectivity index (χ3n) is 7.10. The smallest absolute Gasteiger partial charge is 0.256 e. The van der Waals surface area contributed by atoms with Crippen molar-refractivity contribution in [2.45, 2.75) is 40.5 Å². The van der Waals surface area contributed by atoms with E-state index in [1.807, 2.05) is 107 Å². The van der Waals surface area contributed by atoms with E-state index in [4.69, 9.17) is 0 Å². The van der Waals surface area contributed by atoms with Crippen molar-refractivity contribution in [3.8, 4) is 0 Å². The van der Waals surface area contributed by atoms with E-state index in [-0.39, 0.29) is 11.8 Å². The van der Waals surface area contributed by atoms with Crippen molar-refractivity contribution in [3.05, 3.63) is 95.1 Å². The number of hydrogen-bond donors (Lipinski definition) is 0. The zero-order valence-electron chi connectivity index (χ0n) is 21.3. The highest BCUT2D eigenvalue weighted by atomic mass is 16.2. The molecule has 0 saturated carbocycles. The van der Waals surface area contributed by atoms with E-state index in [0.717, 1.165) is 33.6 Å². The lowest BCUT2D eigenvalue weighted by atomic mass is 9.73. The quantitative estimate of drug-likeness (QED) is 0.467. The minimum Gasteiger partial charge on any atom is -0.272 e. The van der Waals surface area contributed by atoms with Crippen molar-refractivity contribution in [1.82, 2.24) is 0 Å².